The molecule has 3 heteroatoms. The van der Waals surface area contributed by atoms with Gasteiger partial charge in [-0.2, -0.15) is 0 Å². The predicted molar refractivity (Wildman–Crippen MR) is 54.4 cm³/mol. The first kappa shape index (κ1) is 10.7. The molecule has 0 fully saturated rings. The third-order valence-electron chi connectivity index (χ3n) is 2.29. The van der Waals surface area contributed by atoms with Gasteiger partial charge in [0.05, 0.1) is 11.6 Å². The van der Waals surface area contributed by atoms with Gasteiger partial charge >= 0.3 is 5.97 Å². The summed E-state index contributed by atoms with van der Waals surface area (Å²) in [6.45, 7) is 5.80. The Labute approximate surface area is 83.8 Å². The highest BCUT2D eigenvalue weighted by molar-refractivity contribution is 5.74. The van der Waals surface area contributed by atoms with Crippen molar-refractivity contribution in [1.82, 2.24) is 4.98 Å². The molecule has 0 saturated heterocycles. The van der Waals surface area contributed by atoms with Gasteiger partial charge in [-0.3, -0.25) is 9.78 Å². The van der Waals surface area contributed by atoms with E-state index in [0.29, 0.717) is 11.6 Å². The number of pyridine rings is 1. The van der Waals surface area contributed by atoms with Crippen molar-refractivity contribution in [2.75, 3.05) is 0 Å². The Kier molecular flexibility index (Phi) is 3.23. The molecule has 0 radical (unpaired) electrons. The van der Waals surface area contributed by atoms with Crippen LogP contribution >= 0.6 is 0 Å². The third-order valence-corrected chi connectivity index (χ3v) is 2.29. The van der Waals surface area contributed by atoms with Crippen molar-refractivity contribution in [3.63, 3.8) is 0 Å². The van der Waals surface area contributed by atoms with E-state index in [2.05, 4.69) is 18.8 Å². The second-order valence-corrected chi connectivity index (χ2v) is 3.73. The van der Waals surface area contributed by atoms with Gasteiger partial charge in [0.15, 0.2) is 0 Å². The predicted octanol–water partition coefficient (Wildman–Crippen LogP) is 2.39. The molecular weight excluding hydrogens is 178 g/mol. The van der Waals surface area contributed by atoms with Crippen molar-refractivity contribution >= 4 is 5.97 Å². The number of hydrogen-bond acceptors (Lipinski definition) is 2. The number of hydrogen-bond donors (Lipinski definition) is 1. The second-order valence-electron chi connectivity index (χ2n) is 3.73. The average molecular weight is 193 g/mol. The average Bonchev–Trinajstić information content (AvgIpc) is 2.16. The first-order valence-electron chi connectivity index (χ1n) is 4.71. The second kappa shape index (κ2) is 4.22. The topological polar surface area (TPSA) is 50.2 Å². The molecule has 1 rings (SSSR count). The van der Waals surface area contributed by atoms with Crippen LogP contribution in [-0.4, -0.2) is 16.1 Å². The van der Waals surface area contributed by atoms with Crippen LogP contribution in [0.4, 0.5) is 0 Å². The van der Waals surface area contributed by atoms with E-state index in [1.165, 1.54) is 0 Å². The van der Waals surface area contributed by atoms with Gasteiger partial charge in [-0.15, -0.1) is 0 Å². The van der Waals surface area contributed by atoms with E-state index < -0.39 is 11.9 Å². The fourth-order valence-corrected chi connectivity index (χ4v) is 1.14. The number of aromatic nitrogens is 1. The Balaban J connectivity index is 2.88. The Morgan fingerprint density at radius 1 is 1.36 bits per heavy atom. The van der Waals surface area contributed by atoms with Crippen LogP contribution in [0, 0.1) is 0 Å². The molecular formula is C11H15NO2. The molecule has 0 aliphatic heterocycles. The molecule has 1 N–H and O–H groups in total. The maximum atomic E-state index is 10.7. The Bertz CT molecular complexity index is 317. The third kappa shape index (κ3) is 2.31. The molecule has 0 aromatic carbocycles. The zero-order chi connectivity index (χ0) is 10.7. The maximum absolute atomic E-state index is 10.7. The first-order chi connectivity index (χ1) is 6.52. The molecule has 0 spiro atoms. The largest absolute Gasteiger partial charge is 0.481 e. The lowest BCUT2D eigenvalue weighted by Gasteiger charge is -2.08. The summed E-state index contributed by atoms with van der Waals surface area (Å²) in [7, 11) is 0. The summed E-state index contributed by atoms with van der Waals surface area (Å²) in [5.74, 6) is -0.942. The summed E-state index contributed by atoms with van der Waals surface area (Å²) in [5, 5.41) is 8.77. The van der Waals surface area contributed by atoms with Crippen molar-refractivity contribution in [2.24, 2.45) is 0 Å². The molecule has 0 saturated carbocycles. The van der Waals surface area contributed by atoms with Crippen molar-refractivity contribution in [1.29, 1.82) is 0 Å². The van der Waals surface area contributed by atoms with Gasteiger partial charge in [-0.1, -0.05) is 19.9 Å². The highest BCUT2D eigenvalue weighted by Crippen LogP contribution is 2.17. The molecule has 1 aromatic rings. The van der Waals surface area contributed by atoms with Gasteiger partial charge in [0.2, 0.25) is 0 Å². The number of carbonyl (C=O) groups is 1. The molecule has 1 unspecified atom stereocenters. The highest BCUT2D eigenvalue weighted by Gasteiger charge is 2.14. The highest BCUT2D eigenvalue weighted by atomic mass is 16.4. The molecule has 0 aliphatic rings. The van der Waals surface area contributed by atoms with Crippen LogP contribution in [0.5, 0.6) is 0 Å². The van der Waals surface area contributed by atoms with E-state index >= 15 is 0 Å². The minimum atomic E-state index is -0.838. The summed E-state index contributed by atoms with van der Waals surface area (Å²) in [4.78, 5) is 14.8. The van der Waals surface area contributed by atoms with Crippen LogP contribution in [0.2, 0.25) is 0 Å². The number of aliphatic carboxylic acids is 1. The Morgan fingerprint density at radius 3 is 2.36 bits per heavy atom. The minimum absolute atomic E-state index is 0.427. The zero-order valence-electron chi connectivity index (χ0n) is 8.69. The zero-order valence-corrected chi connectivity index (χ0v) is 8.69. The van der Waals surface area contributed by atoms with Crippen molar-refractivity contribution in [3.8, 4) is 0 Å². The molecule has 0 bridgehead atoms. The van der Waals surface area contributed by atoms with E-state index in [0.717, 1.165) is 5.56 Å². The maximum Gasteiger partial charge on any atom is 0.312 e. The fourth-order valence-electron chi connectivity index (χ4n) is 1.14. The van der Waals surface area contributed by atoms with Gasteiger partial charge in [-0.25, -0.2) is 0 Å². The number of rotatable bonds is 3. The summed E-state index contributed by atoms with van der Waals surface area (Å²) < 4.78 is 0. The minimum Gasteiger partial charge on any atom is -0.481 e. The lowest BCUT2D eigenvalue weighted by Crippen LogP contribution is -2.09. The van der Waals surface area contributed by atoms with Crippen molar-refractivity contribution in [3.05, 3.63) is 29.6 Å². The molecule has 0 amide bonds. The lowest BCUT2D eigenvalue weighted by molar-refractivity contribution is -0.138. The summed E-state index contributed by atoms with van der Waals surface area (Å²) in [6.07, 6.45) is 1.75. The molecule has 1 heterocycles. The monoisotopic (exact) mass is 193 g/mol. The van der Waals surface area contributed by atoms with Crippen LogP contribution in [0.1, 0.15) is 43.9 Å². The number of carboxylic acid groups (broad SMARTS) is 1. The fraction of sp³-hybridized carbons (Fsp3) is 0.455. The van der Waals surface area contributed by atoms with Gasteiger partial charge in [0.25, 0.3) is 0 Å². The number of nitrogens with zero attached hydrogens (tertiary/aromatic N) is 1. The van der Waals surface area contributed by atoms with Crippen LogP contribution in [0.3, 0.4) is 0 Å². The molecule has 76 valence electrons. The van der Waals surface area contributed by atoms with Crippen LogP contribution in [-0.2, 0) is 4.79 Å². The first-order valence-corrected chi connectivity index (χ1v) is 4.71. The van der Waals surface area contributed by atoms with E-state index in [-0.39, 0.29) is 0 Å². The van der Waals surface area contributed by atoms with Gasteiger partial charge in [0.1, 0.15) is 0 Å². The quantitative estimate of drug-likeness (QED) is 0.801. The normalized spacial score (nSPS) is 12.9. The molecule has 3 nitrogen and oxygen atoms in total. The number of carboxylic acids is 1. The van der Waals surface area contributed by atoms with Crippen molar-refractivity contribution < 1.29 is 9.90 Å². The van der Waals surface area contributed by atoms with E-state index in [4.69, 9.17) is 5.11 Å². The molecule has 14 heavy (non-hydrogen) atoms. The van der Waals surface area contributed by atoms with Crippen LogP contribution in [0.25, 0.3) is 0 Å². The van der Waals surface area contributed by atoms with E-state index in [9.17, 15) is 4.79 Å². The molecule has 0 aliphatic carbocycles. The van der Waals surface area contributed by atoms with Gasteiger partial charge in [0, 0.05) is 6.20 Å². The molecule has 1 aromatic heterocycles. The van der Waals surface area contributed by atoms with Gasteiger partial charge in [-0.05, 0) is 24.5 Å². The molecule has 1 atom stereocenters. The summed E-state index contributed by atoms with van der Waals surface area (Å²) >= 11 is 0. The lowest BCUT2D eigenvalue weighted by atomic mass is 10.0. The van der Waals surface area contributed by atoms with Gasteiger partial charge < -0.3 is 5.11 Å². The summed E-state index contributed by atoms with van der Waals surface area (Å²) in [6, 6.07) is 3.72. The van der Waals surface area contributed by atoms with E-state index in [1.54, 1.807) is 19.2 Å². The van der Waals surface area contributed by atoms with Crippen LogP contribution < -0.4 is 0 Å². The SMILES string of the molecule is CC(C)c1ccc(C(C)C(=O)O)nc1. The van der Waals surface area contributed by atoms with Crippen LogP contribution in [0.15, 0.2) is 18.3 Å². The van der Waals surface area contributed by atoms with Crippen molar-refractivity contribution in [2.45, 2.75) is 32.6 Å². The van der Waals surface area contributed by atoms with E-state index in [1.807, 2.05) is 6.07 Å². The Morgan fingerprint density at radius 2 is 2.00 bits per heavy atom. The Hall–Kier alpha value is -1.38. The smallest absolute Gasteiger partial charge is 0.312 e. The summed E-state index contributed by atoms with van der Waals surface area (Å²) in [5.41, 5.74) is 1.74. The standard InChI is InChI=1S/C11H15NO2/c1-7(2)9-4-5-10(12-6-9)8(3)11(13)14/h4-8H,1-3H3,(H,13,14).